The van der Waals surface area contributed by atoms with Gasteiger partial charge >= 0.3 is 0 Å². The van der Waals surface area contributed by atoms with Crippen LogP contribution in [-0.4, -0.2) is 35.5 Å². The first-order chi connectivity index (χ1) is 9.38. The van der Waals surface area contributed by atoms with Crippen molar-refractivity contribution >= 4 is 34.6 Å². The number of piperidine rings is 1. The second-order valence-electron chi connectivity index (χ2n) is 5.24. The highest BCUT2D eigenvalue weighted by Gasteiger charge is 2.24. The maximum Gasteiger partial charge on any atom is 0.272 e. The average Bonchev–Trinajstić information content (AvgIpc) is 2.37. The van der Waals surface area contributed by atoms with Crippen LogP contribution >= 0.6 is 23.2 Å². The molecule has 5 nitrogen and oxygen atoms in total. The van der Waals surface area contributed by atoms with Crippen molar-refractivity contribution in [2.75, 3.05) is 18.9 Å². The third-order valence-corrected chi connectivity index (χ3v) is 4.39. The number of hydrogen-bond donors (Lipinski definition) is 1. The fraction of sp³-hybridized carbons (Fsp3) is 0.538. The Morgan fingerprint density at radius 1 is 1.40 bits per heavy atom. The Kier molecular flexibility index (Phi) is 4.73. The van der Waals surface area contributed by atoms with Crippen LogP contribution in [0.4, 0.5) is 11.4 Å². The molecule has 0 aromatic heterocycles. The van der Waals surface area contributed by atoms with Crippen molar-refractivity contribution < 1.29 is 4.92 Å². The Balaban J connectivity index is 2.16. The molecule has 2 atom stereocenters. The summed E-state index contributed by atoms with van der Waals surface area (Å²) in [6.45, 7) is 3.17. The predicted octanol–water partition coefficient (Wildman–Crippen LogP) is 3.80. The number of nitro benzene ring substituents is 1. The number of nitrogens with zero attached hydrogens (tertiary/aromatic N) is 2. The lowest BCUT2D eigenvalue weighted by Gasteiger charge is -2.36. The molecular weight excluding hydrogens is 301 g/mol. The summed E-state index contributed by atoms with van der Waals surface area (Å²) < 4.78 is 0. The van der Waals surface area contributed by atoms with Crippen molar-refractivity contribution in [2.45, 2.75) is 31.8 Å². The molecule has 0 spiro atoms. The van der Waals surface area contributed by atoms with Crippen LogP contribution in [0.5, 0.6) is 0 Å². The van der Waals surface area contributed by atoms with Gasteiger partial charge in [0.2, 0.25) is 0 Å². The zero-order valence-electron chi connectivity index (χ0n) is 11.4. The smallest absolute Gasteiger partial charge is 0.272 e. The van der Waals surface area contributed by atoms with Gasteiger partial charge in [-0.25, -0.2) is 0 Å². The summed E-state index contributed by atoms with van der Waals surface area (Å²) in [6.07, 6.45) is 1.98. The molecule has 2 unspecified atom stereocenters. The number of halogens is 2. The molecule has 2 rings (SSSR count). The molecule has 1 aliphatic heterocycles. The van der Waals surface area contributed by atoms with E-state index in [0.29, 0.717) is 11.7 Å². The molecule has 1 heterocycles. The number of non-ortho nitro benzene ring substituents is 1. The first-order valence-electron chi connectivity index (χ1n) is 6.48. The zero-order valence-corrected chi connectivity index (χ0v) is 12.9. The SMILES string of the molecule is CC1CC(Nc2c(Cl)cc([N+](=O)[O-])cc2Cl)CCN1C. The van der Waals surface area contributed by atoms with Gasteiger partial charge in [0, 0.05) is 30.8 Å². The Bertz CT molecular complexity index is 501. The van der Waals surface area contributed by atoms with Crippen LogP contribution in [0, 0.1) is 10.1 Å². The third kappa shape index (κ3) is 3.34. The summed E-state index contributed by atoms with van der Waals surface area (Å²) in [5.41, 5.74) is 0.489. The van der Waals surface area contributed by atoms with Crippen LogP contribution in [0.2, 0.25) is 10.0 Å². The van der Waals surface area contributed by atoms with E-state index in [1.54, 1.807) is 0 Å². The molecule has 0 aliphatic carbocycles. The van der Waals surface area contributed by atoms with Crippen molar-refractivity contribution in [3.63, 3.8) is 0 Å². The summed E-state index contributed by atoms with van der Waals surface area (Å²) in [5, 5.41) is 14.6. The minimum atomic E-state index is -0.501. The normalized spacial score (nSPS) is 23.6. The van der Waals surface area contributed by atoms with E-state index in [1.165, 1.54) is 12.1 Å². The topological polar surface area (TPSA) is 58.4 Å². The van der Waals surface area contributed by atoms with E-state index in [9.17, 15) is 10.1 Å². The summed E-state index contributed by atoms with van der Waals surface area (Å²) >= 11 is 12.2. The number of nitro groups is 1. The van der Waals surface area contributed by atoms with Crippen molar-refractivity contribution in [1.82, 2.24) is 4.90 Å². The van der Waals surface area contributed by atoms with Crippen LogP contribution in [-0.2, 0) is 0 Å². The molecule has 0 saturated carbocycles. The van der Waals surface area contributed by atoms with E-state index in [1.807, 2.05) is 0 Å². The van der Waals surface area contributed by atoms with Crippen molar-refractivity contribution in [3.8, 4) is 0 Å². The van der Waals surface area contributed by atoms with Gasteiger partial charge in [0.1, 0.15) is 0 Å². The highest BCUT2D eigenvalue weighted by atomic mass is 35.5. The van der Waals surface area contributed by atoms with Crippen LogP contribution in [0.3, 0.4) is 0 Å². The number of anilines is 1. The zero-order chi connectivity index (χ0) is 14.9. The Labute approximate surface area is 128 Å². The Morgan fingerprint density at radius 2 is 2.00 bits per heavy atom. The average molecular weight is 318 g/mol. The fourth-order valence-corrected chi connectivity index (χ4v) is 3.01. The summed E-state index contributed by atoms with van der Waals surface area (Å²) in [7, 11) is 2.10. The molecule has 0 amide bonds. The van der Waals surface area contributed by atoms with E-state index in [0.717, 1.165) is 19.4 Å². The number of hydrogen-bond acceptors (Lipinski definition) is 4. The van der Waals surface area contributed by atoms with Crippen LogP contribution in [0.1, 0.15) is 19.8 Å². The standard InChI is InChI=1S/C13H17Cl2N3O2/c1-8-5-9(3-4-17(8)2)16-13-11(14)6-10(18(19)20)7-12(13)15/h6-9,16H,3-5H2,1-2H3. The highest BCUT2D eigenvalue weighted by Crippen LogP contribution is 2.36. The number of nitrogens with one attached hydrogen (secondary N) is 1. The molecule has 1 aromatic carbocycles. The lowest BCUT2D eigenvalue weighted by atomic mass is 9.98. The van der Waals surface area contributed by atoms with E-state index in [4.69, 9.17) is 23.2 Å². The highest BCUT2D eigenvalue weighted by molar-refractivity contribution is 6.39. The molecule has 1 aromatic rings. The molecular formula is C13H17Cl2N3O2. The Hall–Kier alpha value is -1.04. The number of benzene rings is 1. The van der Waals surface area contributed by atoms with Crippen molar-refractivity contribution in [2.24, 2.45) is 0 Å². The molecule has 110 valence electrons. The van der Waals surface area contributed by atoms with Crippen LogP contribution in [0.15, 0.2) is 12.1 Å². The maximum atomic E-state index is 10.7. The second kappa shape index (κ2) is 6.16. The molecule has 7 heteroatoms. The lowest BCUT2D eigenvalue weighted by Crippen LogP contribution is -2.42. The fourth-order valence-electron chi connectivity index (χ4n) is 2.43. The van der Waals surface area contributed by atoms with Gasteiger partial charge < -0.3 is 10.2 Å². The van der Waals surface area contributed by atoms with Crippen LogP contribution in [0.25, 0.3) is 0 Å². The van der Waals surface area contributed by atoms with Gasteiger partial charge in [-0.2, -0.15) is 0 Å². The largest absolute Gasteiger partial charge is 0.380 e. The first-order valence-corrected chi connectivity index (χ1v) is 7.24. The lowest BCUT2D eigenvalue weighted by molar-refractivity contribution is -0.384. The van der Waals surface area contributed by atoms with Gasteiger partial charge in [-0.05, 0) is 26.8 Å². The summed E-state index contributed by atoms with van der Waals surface area (Å²) in [4.78, 5) is 12.6. The Morgan fingerprint density at radius 3 is 2.50 bits per heavy atom. The minimum Gasteiger partial charge on any atom is -0.380 e. The number of likely N-dealkylation sites (tertiary alicyclic amines) is 1. The van der Waals surface area contributed by atoms with Gasteiger partial charge in [0.25, 0.3) is 5.69 Å². The van der Waals surface area contributed by atoms with E-state index >= 15 is 0 Å². The minimum absolute atomic E-state index is 0.0951. The molecule has 1 saturated heterocycles. The molecule has 1 fully saturated rings. The van der Waals surface area contributed by atoms with Gasteiger partial charge in [-0.15, -0.1) is 0 Å². The number of rotatable bonds is 3. The van der Waals surface area contributed by atoms with Gasteiger partial charge in [-0.3, -0.25) is 10.1 Å². The molecule has 0 bridgehead atoms. The summed E-state index contributed by atoms with van der Waals surface area (Å²) in [6, 6.07) is 3.41. The van der Waals surface area contributed by atoms with E-state index in [2.05, 4.69) is 24.2 Å². The van der Waals surface area contributed by atoms with Gasteiger partial charge in [-0.1, -0.05) is 23.2 Å². The molecule has 1 N–H and O–H groups in total. The quantitative estimate of drug-likeness (QED) is 0.680. The molecule has 1 aliphatic rings. The summed E-state index contributed by atoms with van der Waals surface area (Å²) in [5.74, 6) is 0. The first kappa shape index (κ1) is 15.4. The van der Waals surface area contributed by atoms with Crippen LogP contribution < -0.4 is 5.32 Å². The van der Waals surface area contributed by atoms with Gasteiger partial charge in [0.05, 0.1) is 20.7 Å². The van der Waals surface area contributed by atoms with Gasteiger partial charge in [0.15, 0.2) is 0 Å². The second-order valence-corrected chi connectivity index (χ2v) is 6.05. The van der Waals surface area contributed by atoms with Crippen molar-refractivity contribution in [3.05, 3.63) is 32.3 Å². The monoisotopic (exact) mass is 317 g/mol. The molecule has 20 heavy (non-hydrogen) atoms. The van der Waals surface area contributed by atoms with E-state index < -0.39 is 4.92 Å². The van der Waals surface area contributed by atoms with Crippen molar-refractivity contribution in [1.29, 1.82) is 0 Å². The maximum absolute atomic E-state index is 10.7. The molecule has 0 radical (unpaired) electrons. The van der Waals surface area contributed by atoms with E-state index in [-0.39, 0.29) is 21.8 Å². The predicted molar refractivity (Wildman–Crippen MR) is 81.9 cm³/mol. The third-order valence-electron chi connectivity index (χ3n) is 3.79.